The summed E-state index contributed by atoms with van der Waals surface area (Å²) < 4.78 is 5.70. The van der Waals surface area contributed by atoms with Crippen molar-refractivity contribution < 1.29 is 14.3 Å². The molecule has 3 rings (SSSR count). The van der Waals surface area contributed by atoms with E-state index in [1.165, 1.54) is 0 Å². The van der Waals surface area contributed by atoms with Gasteiger partial charge in [-0.05, 0) is 30.2 Å². The number of nitrogens with zero attached hydrogens (tertiary/aromatic N) is 1. The Balaban J connectivity index is 1.86. The predicted molar refractivity (Wildman–Crippen MR) is 122 cm³/mol. The molecule has 0 saturated heterocycles. The van der Waals surface area contributed by atoms with Gasteiger partial charge in [0.05, 0.1) is 0 Å². The van der Waals surface area contributed by atoms with Crippen LogP contribution in [0.15, 0.2) is 84.9 Å². The van der Waals surface area contributed by atoms with Crippen molar-refractivity contribution in [3.63, 3.8) is 0 Å². The molecule has 0 aliphatic rings. The maximum absolute atomic E-state index is 13.3. The Morgan fingerprint density at radius 2 is 1.48 bits per heavy atom. The Labute approximate surface area is 183 Å². The number of benzene rings is 3. The summed E-state index contributed by atoms with van der Waals surface area (Å²) in [5, 5.41) is 2.72. The first kappa shape index (κ1) is 22.1. The van der Waals surface area contributed by atoms with E-state index in [4.69, 9.17) is 4.74 Å². The number of amides is 2. The molecule has 0 heterocycles. The highest BCUT2D eigenvalue weighted by molar-refractivity contribution is 5.88. The van der Waals surface area contributed by atoms with Crippen LogP contribution in [0.3, 0.4) is 0 Å². The monoisotopic (exact) mass is 416 g/mol. The lowest BCUT2D eigenvalue weighted by atomic mass is 10.0. The summed E-state index contributed by atoms with van der Waals surface area (Å²) in [7, 11) is 1.59. The predicted octanol–water partition coefficient (Wildman–Crippen LogP) is 3.76. The largest absolute Gasteiger partial charge is 0.484 e. The fourth-order valence-electron chi connectivity index (χ4n) is 3.36. The number of likely N-dealkylation sites (N-methyl/N-ethyl adjacent to an activating group) is 1. The lowest BCUT2D eigenvalue weighted by molar-refractivity contribution is -0.142. The molecule has 0 aliphatic carbocycles. The SMILES string of the molecule is CNC(=O)[C@@H](Cc1ccccc1)N(Cc1ccc(C)cc1)C(=O)COc1ccccc1. The van der Waals surface area contributed by atoms with Gasteiger partial charge in [0.15, 0.2) is 6.61 Å². The molecule has 5 heteroatoms. The molecule has 0 aromatic heterocycles. The Hall–Kier alpha value is -3.60. The lowest BCUT2D eigenvalue weighted by Crippen LogP contribution is -2.51. The third-order valence-electron chi connectivity index (χ3n) is 5.10. The van der Waals surface area contributed by atoms with E-state index < -0.39 is 6.04 Å². The fourth-order valence-corrected chi connectivity index (χ4v) is 3.36. The van der Waals surface area contributed by atoms with Crippen LogP contribution in [0.2, 0.25) is 0 Å². The van der Waals surface area contributed by atoms with Crippen molar-refractivity contribution in [1.82, 2.24) is 10.2 Å². The summed E-state index contributed by atoms with van der Waals surface area (Å²) in [6.45, 7) is 2.20. The van der Waals surface area contributed by atoms with E-state index in [-0.39, 0.29) is 18.4 Å². The summed E-state index contributed by atoms with van der Waals surface area (Å²) in [6.07, 6.45) is 0.420. The first-order chi connectivity index (χ1) is 15.1. The summed E-state index contributed by atoms with van der Waals surface area (Å²) in [5.41, 5.74) is 3.09. The van der Waals surface area contributed by atoms with Crippen LogP contribution in [0.1, 0.15) is 16.7 Å². The van der Waals surface area contributed by atoms with E-state index in [2.05, 4.69) is 5.32 Å². The fraction of sp³-hybridized carbons (Fsp3) is 0.231. The van der Waals surface area contributed by atoms with Gasteiger partial charge in [-0.15, -0.1) is 0 Å². The number of para-hydroxylation sites is 1. The van der Waals surface area contributed by atoms with Crippen LogP contribution in [-0.4, -0.2) is 36.4 Å². The highest BCUT2D eigenvalue weighted by atomic mass is 16.5. The maximum Gasteiger partial charge on any atom is 0.261 e. The molecule has 1 N–H and O–H groups in total. The van der Waals surface area contributed by atoms with Crippen molar-refractivity contribution in [2.45, 2.75) is 25.9 Å². The molecule has 1 atom stereocenters. The standard InChI is InChI=1S/C26H28N2O3/c1-20-13-15-22(16-14-20)18-28(25(29)19-31-23-11-7-4-8-12-23)24(26(30)27-2)17-21-9-5-3-6-10-21/h3-16,24H,17-19H2,1-2H3,(H,27,30)/t24-/m1/s1. The van der Waals surface area contributed by atoms with Crippen LogP contribution in [0.25, 0.3) is 0 Å². The van der Waals surface area contributed by atoms with Gasteiger partial charge in [-0.1, -0.05) is 78.4 Å². The molecule has 31 heavy (non-hydrogen) atoms. The molecule has 0 saturated carbocycles. The van der Waals surface area contributed by atoms with E-state index in [0.29, 0.717) is 18.7 Å². The molecule has 2 amide bonds. The molecule has 160 valence electrons. The van der Waals surface area contributed by atoms with Crippen LogP contribution in [-0.2, 0) is 22.6 Å². The average molecular weight is 417 g/mol. The van der Waals surface area contributed by atoms with Gasteiger partial charge >= 0.3 is 0 Å². The minimum absolute atomic E-state index is 0.141. The van der Waals surface area contributed by atoms with Gasteiger partial charge in [-0.25, -0.2) is 0 Å². The second-order valence-corrected chi connectivity index (χ2v) is 7.43. The quantitative estimate of drug-likeness (QED) is 0.578. The smallest absolute Gasteiger partial charge is 0.261 e. The van der Waals surface area contributed by atoms with Crippen molar-refractivity contribution in [3.8, 4) is 5.75 Å². The number of hydrogen-bond donors (Lipinski definition) is 1. The van der Waals surface area contributed by atoms with Crippen molar-refractivity contribution in [1.29, 1.82) is 0 Å². The molecule has 0 radical (unpaired) electrons. The third-order valence-corrected chi connectivity index (χ3v) is 5.10. The van der Waals surface area contributed by atoms with Crippen molar-refractivity contribution in [3.05, 3.63) is 102 Å². The molecule has 0 aliphatic heterocycles. The Kier molecular flexibility index (Phi) is 7.82. The van der Waals surface area contributed by atoms with Crippen LogP contribution in [0, 0.1) is 6.92 Å². The van der Waals surface area contributed by atoms with E-state index in [9.17, 15) is 9.59 Å². The van der Waals surface area contributed by atoms with E-state index in [0.717, 1.165) is 16.7 Å². The number of ether oxygens (including phenoxy) is 1. The van der Waals surface area contributed by atoms with Gasteiger partial charge in [0.2, 0.25) is 5.91 Å². The van der Waals surface area contributed by atoms with Gasteiger partial charge < -0.3 is 15.0 Å². The number of hydrogen-bond acceptors (Lipinski definition) is 3. The first-order valence-electron chi connectivity index (χ1n) is 10.3. The number of aryl methyl sites for hydroxylation is 1. The highest BCUT2D eigenvalue weighted by Gasteiger charge is 2.30. The molecular formula is C26H28N2O3. The number of carbonyl (C=O) groups is 2. The molecular weight excluding hydrogens is 388 g/mol. The van der Waals surface area contributed by atoms with Gasteiger partial charge in [0.25, 0.3) is 5.91 Å². The maximum atomic E-state index is 13.3. The molecule has 3 aromatic carbocycles. The molecule has 0 bridgehead atoms. The lowest BCUT2D eigenvalue weighted by Gasteiger charge is -2.31. The summed E-state index contributed by atoms with van der Waals surface area (Å²) in [5.74, 6) is 0.170. The van der Waals surface area contributed by atoms with Crippen LogP contribution in [0.5, 0.6) is 5.75 Å². The topological polar surface area (TPSA) is 58.6 Å². The van der Waals surface area contributed by atoms with E-state index in [1.807, 2.05) is 79.7 Å². The van der Waals surface area contributed by atoms with Gasteiger partial charge in [0.1, 0.15) is 11.8 Å². The van der Waals surface area contributed by atoms with Crippen LogP contribution in [0.4, 0.5) is 0 Å². The molecule has 5 nitrogen and oxygen atoms in total. The Morgan fingerprint density at radius 1 is 0.871 bits per heavy atom. The Bertz CT molecular complexity index is 973. The number of rotatable bonds is 9. The molecule has 0 unspecified atom stereocenters. The zero-order valence-electron chi connectivity index (χ0n) is 18.0. The molecule has 3 aromatic rings. The summed E-state index contributed by atoms with van der Waals surface area (Å²) in [6, 6.07) is 26.2. The van der Waals surface area contributed by atoms with Gasteiger partial charge in [-0.2, -0.15) is 0 Å². The van der Waals surface area contributed by atoms with Crippen molar-refractivity contribution in [2.75, 3.05) is 13.7 Å². The van der Waals surface area contributed by atoms with E-state index >= 15 is 0 Å². The second-order valence-electron chi connectivity index (χ2n) is 7.43. The van der Waals surface area contributed by atoms with Crippen molar-refractivity contribution >= 4 is 11.8 Å². The first-order valence-corrected chi connectivity index (χ1v) is 10.3. The van der Waals surface area contributed by atoms with E-state index in [1.54, 1.807) is 24.1 Å². The number of carbonyl (C=O) groups excluding carboxylic acids is 2. The zero-order valence-corrected chi connectivity index (χ0v) is 18.0. The summed E-state index contributed by atoms with van der Waals surface area (Å²) >= 11 is 0. The van der Waals surface area contributed by atoms with Gasteiger partial charge in [-0.3, -0.25) is 9.59 Å². The summed E-state index contributed by atoms with van der Waals surface area (Å²) in [4.78, 5) is 27.7. The van der Waals surface area contributed by atoms with Crippen LogP contribution < -0.4 is 10.1 Å². The average Bonchev–Trinajstić information content (AvgIpc) is 2.81. The second kappa shape index (κ2) is 11.0. The van der Waals surface area contributed by atoms with Gasteiger partial charge in [0, 0.05) is 20.0 Å². The third kappa shape index (κ3) is 6.44. The minimum atomic E-state index is -0.652. The van der Waals surface area contributed by atoms with Crippen LogP contribution >= 0.6 is 0 Å². The van der Waals surface area contributed by atoms with Crippen molar-refractivity contribution in [2.24, 2.45) is 0 Å². The normalized spacial score (nSPS) is 11.4. The Morgan fingerprint density at radius 3 is 2.10 bits per heavy atom. The zero-order chi connectivity index (χ0) is 22.1. The number of nitrogens with one attached hydrogen (secondary N) is 1. The highest BCUT2D eigenvalue weighted by Crippen LogP contribution is 2.16. The molecule has 0 fully saturated rings. The molecule has 0 spiro atoms. The minimum Gasteiger partial charge on any atom is -0.484 e.